The number of amides is 1. The molecule has 1 aromatic rings. The Labute approximate surface area is 111 Å². The molecule has 0 spiro atoms. The molecule has 0 saturated carbocycles. The minimum atomic E-state index is -0.725. The molecule has 0 aromatic heterocycles. The van der Waals surface area contributed by atoms with E-state index in [1.54, 1.807) is 17.9 Å². The fourth-order valence-electron chi connectivity index (χ4n) is 1.75. The van der Waals surface area contributed by atoms with Gasteiger partial charge < -0.3 is 10.0 Å². The number of hydrogen-bond acceptors (Lipinski definition) is 2. The Morgan fingerprint density at radius 3 is 2.56 bits per heavy atom. The van der Waals surface area contributed by atoms with Gasteiger partial charge in [0, 0.05) is 8.95 Å². The summed E-state index contributed by atoms with van der Waals surface area (Å²) in [4.78, 5) is 13.6. The first-order valence-corrected chi connectivity index (χ1v) is 6.44. The van der Waals surface area contributed by atoms with Gasteiger partial charge in [-0.3, -0.25) is 4.79 Å². The van der Waals surface area contributed by atoms with Gasteiger partial charge in [0.15, 0.2) is 0 Å². The van der Waals surface area contributed by atoms with Gasteiger partial charge in [-0.05, 0) is 41.1 Å². The lowest BCUT2D eigenvalue weighted by molar-refractivity contribution is -0.0669. The molecule has 1 N–H and O–H groups in total. The zero-order valence-corrected chi connectivity index (χ0v) is 11.9. The molecule has 1 aliphatic rings. The van der Waals surface area contributed by atoms with Crippen molar-refractivity contribution in [1.82, 2.24) is 4.90 Å². The molecule has 0 unspecified atom stereocenters. The van der Waals surface area contributed by atoms with Gasteiger partial charge in [0.1, 0.15) is 0 Å². The maximum Gasteiger partial charge on any atom is 0.255 e. The first-order valence-electron chi connectivity index (χ1n) is 4.86. The second-order valence-electron chi connectivity index (χ2n) is 4.28. The van der Waals surface area contributed by atoms with Gasteiger partial charge in [-0.2, -0.15) is 0 Å². The van der Waals surface area contributed by atoms with Crippen LogP contribution in [0.2, 0.25) is 0 Å². The Morgan fingerprint density at radius 1 is 1.44 bits per heavy atom. The van der Waals surface area contributed by atoms with E-state index in [9.17, 15) is 9.90 Å². The van der Waals surface area contributed by atoms with Crippen molar-refractivity contribution in [3.05, 3.63) is 32.7 Å². The van der Waals surface area contributed by atoms with Crippen molar-refractivity contribution in [3.63, 3.8) is 0 Å². The van der Waals surface area contributed by atoms with E-state index >= 15 is 0 Å². The topological polar surface area (TPSA) is 40.5 Å². The first-order chi connectivity index (χ1) is 7.39. The molecule has 16 heavy (non-hydrogen) atoms. The summed E-state index contributed by atoms with van der Waals surface area (Å²) in [7, 11) is 0. The summed E-state index contributed by atoms with van der Waals surface area (Å²) in [5.41, 5.74) is -0.101. The third-order valence-corrected chi connectivity index (χ3v) is 3.66. The first kappa shape index (κ1) is 12.1. The second-order valence-corrected chi connectivity index (χ2v) is 6.05. The summed E-state index contributed by atoms with van der Waals surface area (Å²) in [6, 6.07) is 5.44. The highest BCUT2D eigenvalue weighted by atomic mass is 79.9. The summed E-state index contributed by atoms with van der Waals surface area (Å²) >= 11 is 6.69. The van der Waals surface area contributed by atoms with Crippen molar-refractivity contribution >= 4 is 37.8 Å². The Balaban J connectivity index is 2.16. The van der Waals surface area contributed by atoms with Crippen molar-refractivity contribution in [2.24, 2.45) is 0 Å². The fraction of sp³-hybridized carbons (Fsp3) is 0.364. The Kier molecular flexibility index (Phi) is 3.11. The SMILES string of the molecule is CC1(O)CN(C(=O)c2ccc(Br)cc2Br)C1. The largest absolute Gasteiger partial charge is 0.386 e. The van der Waals surface area contributed by atoms with E-state index in [1.165, 1.54) is 0 Å². The standard InChI is InChI=1S/C11H11Br2NO2/c1-11(16)5-14(6-11)10(15)8-3-2-7(12)4-9(8)13/h2-4,16H,5-6H2,1H3. The predicted octanol–water partition coefficient (Wildman–Crippen LogP) is 2.42. The molecular weight excluding hydrogens is 338 g/mol. The molecule has 86 valence electrons. The minimum Gasteiger partial charge on any atom is -0.386 e. The van der Waals surface area contributed by atoms with Crippen LogP contribution >= 0.6 is 31.9 Å². The maximum atomic E-state index is 12.0. The monoisotopic (exact) mass is 347 g/mol. The van der Waals surface area contributed by atoms with E-state index in [4.69, 9.17) is 0 Å². The molecule has 5 heteroatoms. The smallest absolute Gasteiger partial charge is 0.255 e. The van der Waals surface area contributed by atoms with E-state index in [1.807, 2.05) is 12.1 Å². The Bertz CT molecular complexity index is 438. The third-order valence-electron chi connectivity index (χ3n) is 2.51. The zero-order valence-electron chi connectivity index (χ0n) is 8.70. The van der Waals surface area contributed by atoms with Crippen LogP contribution in [0.4, 0.5) is 0 Å². The van der Waals surface area contributed by atoms with Crippen LogP contribution in [0.25, 0.3) is 0 Å². The molecule has 1 amide bonds. The van der Waals surface area contributed by atoms with Crippen LogP contribution in [0.15, 0.2) is 27.1 Å². The molecule has 1 aromatic carbocycles. The molecule has 0 radical (unpaired) electrons. The molecular formula is C11H11Br2NO2. The average molecular weight is 349 g/mol. The van der Waals surface area contributed by atoms with Gasteiger partial charge in [-0.15, -0.1) is 0 Å². The predicted molar refractivity (Wildman–Crippen MR) is 68.4 cm³/mol. The number of aliphatic hydroxyl groups is 1. The summed E-state index contributed by atoms with van der Waals surface area (Å²) < 4.78 is 1.69. The molecule has 0 bridgehead atoms. The molecule has 0 aliphatic carbocycles. The number of halogens is 2. The maximum absolute atomic E-state index is 12.0. The highest BCUT2D eigenvalue weighted by Crippen LogP contribution is 2.27. The van der Waals surface area contributed by atoms with Crippen LogP contribution < -0.4 is 0 Å². The molecule has 2 rings (SSSR count). The molecule has 3 nitrogen and oxygen atoms in total. The highest BCUT2D eigenvalue weighted by Gasteiger charge is 2.39. The quantitative estimate of drug-likeness (QED) is 0.846. The molecule has 1 heterocycles. The molecule has 0 atom stereocenters. The van der Waals surface area contributed by atoms with E-state index < -0.39 is 5.60 Å². The van der Waals surface area contributed by atoms with Crippen LogP contribution in [-0.4, -0.2) is 34.6 Å². The normalized spacial score (nSPS) is 18.1. The summed E-state index contributed by atoms with van der Waals surface area (Å²) in [5, 5.41) is 9.58. The van der Waals surface area contributed by atoms with E-state index in [0.717, 1.165) is 8.95 Å². The van der Waals surface area contributed by atoms with Gasteiger partial charge in [0.05, 0.1) is 24.3 Å². The van der Waals surface area contributed by atoms with Crippen LogP contribution in [0.1, 0.15) is 17.3 Å². The summed E-state index contributed by atoms with van der Waals surface area (Å²) in [5.74, 6) is -0.0501. The number of likely N-dealkylation sites (tertiary alicyclic amines) is 1. The lowest BCUT2D eigenvalue weighted by Gasteiger charge is -2.44. The number of carbonyl (C=O) groups is 1. The third kappa shape index (κ3) is 2.31. The highest BCUT2D eigenvalue weighted by molar-refractivity contribution is 9.11. The number of carbonyl (C=O) groups excluding carboxylic acids is 1. The average Bonchev–Trinajstić information content (AvgIpc) is 2.13. The minimum absolute atomic E-state index is 0.0501. The number of rotatable bonds is 1. The Hall–Kier alpha value is -0.390. The van der Waals surface area contributed by atoms with Gasteiger partial charge in [-0.1, -0.05) is 15.9 Å². The van der Waals surface area contributed by atoms with Gasteiger partial charge >= 0.3 is 0 Å². The van der Waals surface area contributed by atoms with Crippen molar-refractivity contribution < 1.29 is 9.90 Å². The van der Waals surface area contributed by atoms with Crippen LogP contribution in [0.3, 0.4) is 0 Å². The van der Waals surface area contributed by atoms with Crippen LogP contribution in [-0.2, 0) is 0 Å². The van der Waals surface area contributed by atoms with Crippen molar-refractivity contribution in [3.8, 4) is 0 Å². The lowest BCUT2D eigenvalue weighted by atomic mass is 9.96. The zero-order chi connectivity index (χ0) is 11.9. The van der Waals surface area contributed by atoms with Crippen LogP contribution in [0, 0.1) is 0 Å². The number of β-amino-alcohol motifs (C(OH)–C–C–N with tert-alkyl or cyclic N) is 1. The molecule has 1 saturated heterocycles. The number of nitrogens with zero attached hydrogens (tertiary/aromatic N) is 1. The lowest BCUT2D eigenvalue weighted by Crippen LogP contribution is -2.61. The number of hydrogen-bond donors (Lipinski definition) is 1. The van der Waals surface area contributed by atoms with Crippen molar-refractivity contribution in [1.29, 1.82) is 0 Å². The fourth-order valence-corrected chi connectivity index (χ4v) is 2.97. The molecule has 1 aliphatic heterocycles. The van der Waals surface area contributed by atoms with Gasteiger partial charge in [-0.25, -0.2) is 0 Å². The van der Waals surface area contributed by atoms with Crippen molar-refractivity contribution in [2.45, 2.75) is 12.5 Å². The summed E-state index contributed by atoms with van der Waals surface area (Å²) in [6.45, 7) is 2.52. The van der Waals surface area contributed by atoms with E-state index in [2.05, 4.69) is 31.9 Å². The molecule has 1 fully saturated rings. The van der Waals surface area contributed by atoms with Crippen LogP contribution in [0.5, 0.6) is 0 Å². The van der Waals surface area contributed by atoms with Gasteiger partial charge in [0.25, 0.3) is 5.91 Å². The van der Waals surface area contributed by atoms with E-state index in [-0.39, 0.29) is 5.91 Å². The summed E-state index contributed by atoms with van der Waals surface area (Å²) in [6.07, 6.45) is 0. The number of benzene rings is 1. The van der Waals surface area contributed by atoms with Crippen molar-refractivity contribution in [2.75, 3.05) is 13.1 Å². The second kappa shape index (κ2) is 4.13. The van der Waals surface area contributed by atoms with E-state index in [0.29, 0.717) is 18.7 Å². The Morgan fingerprint density at radius 2 is 2.06 bits per heavy atom. The van der Waals surface area contributed by atoms with Gasteiger partial charge in [0.2, 0.25) is 0 Å².